The maximum absolute atomic E-state index is 12.3. The first-order valence-corrected chi connectivity index (χ1v) is 9.62. The summed E-state index contributed by atoms with van der Waals surface area (Å²) in [7, 11) is -1.88. The number of ether oxygens (including phenoxy) is 3. The van der Waals surface area contributed by atoms with Crippen molar-refractivity contribution in [2.24, 2.45) is 0 Å². The van der Waals surface area contributed by atoms with Crippen LogP contribution in [0.1, 0.15) is 25.6 Å². The van der Waals surface area contributed by atoms with Crippen molar-refractivity contribution in [1.82, 2.24) is 9.55 Å². The molecule has 1 aliphatic rings. The zero-order chi connectivity index (χ0) is 20.3. The van der Waals surface area contributed by atoms with Gasteiger partial charge in [-0.15, -0.1) is 0 Å². The molecule has 1 saturated heterocycles. The van der Waals surface area contributed by atoms with Gasteiger partial charge in [-0.2, -0.15) is 0 Å². The van der Waals surface area contributed by atoms with Gasteiger partial charge in [-0.3, -0.25) is 18.9 Å². The van der Waals surface area contributed by atoms with Crippen LogP contribution in [0, 0.1) is 6.92 Å². The molecule has 0 aliphatic carbocycles. The number of methoxy groups -OCH3 is 1. The molecule has 0 saturated carbocycles. The van der Waals surface area contributed by atoms with E-state index in [9.17, 15) is 24.2 Å². The summed E-state index contributed by atoms with van der Waals surface area (Å²) in [6, 6.07) is 0. The summed E-state index contributed by atoms with van der Waals surface area (Å²) in [6.45, 7) is 4.47. The van der Waals surface area contributed by atoms with Crippen molar-refractivity contribution in [3.8, 4) is 0 Å². The lowest BCUT2D eigenvalue weighted by Crippen LogP contribution is -2.43. The molecule has 7 atom stereocenters. The van der Waals surface area contributed by atoms with Crippen LogP contribution >= 0.6 is 8.25 Å². The van der Waals surface area contributed by atoms with Crippen molar-refractivity contribution < 1.29 is 33.3 Å². The Kier molecular flexibility index (Phi) is 7.52. The highest BCUT2D eigenvalue weighted by Gasteiger charge is 2.49. The third kappa shape index (κ3) is 4.94. The zero-order valence-electron chi connectivity index (χ0n) is 15.4. The number of aliphatic hydroxyl groups excluding tert-OH is 1. The molecule has 3 N–H and O–H groups in total. The van der Waals surface area contributed by atoms with Crippen molar-refractivity contribution in [1.29, 1.82) is 0 Å². The summed E-state index contributed by atoms with van der Waals surface area (Å²) >= 11 is 0. The van der Waals surface area contributed by atoms with Gasteiger partial charge in [0.15, 0.2) is 6.23 Å². The van der Waals surface area contributed by atoms with Gasteiger partial charge in [-0.05, 0) is 20.8 Å². The molecule has 0 amide bonds. The van der Waals surface area contributed by atoms with Crippen LogP contribution in [0.5, 0.6) is 0 Å². The summed E-state index contributed by atoms with van der Waals surface area (Å²) < 4.78 is 34.3. The summed E-state index contributed by atoms with van der Waals surface area (Å²) in [5.74, 6) is 0. The SMILES string of the molecule is CO[C@@H](C)[C@@H](C)OC1C(O[PH](=O)O)[C@@H](CO)O[C@H]1n1cc(C)c(=O)[nH]c1=O. The lowest BCUT2D eigenvalue weighted by Gasteiger charge is -2.29. The van der Waals surface area contributed by atoms with Crippen LogP contribution in [0.3, 0.4) is 0 Å². The minimum Gasteiger partial charge on any atom is -0.394 e. The molecular formula is C15H25N2O9P. The van der Waals surface area contributed by atoms with Gasteiger partial charge in [-0.1, -0.05) is 0 Å². The summed E-state index contributed by atoms with van der Waals surface area (Å²) in [5.41, 5.74) is -1.03. The summed E-state index contributed by atoms with van der Waals surface area (Å²) in [6.07, 6.45) is -3.75. The van der Waals surface area contributed by atoms with Crippen molar-refractivity contribution >= 4 is 8.25 Å². The van der Waals surface area contributed by atoms with Crippen LogP contribution in [0.25, 0.3) is 0 Å². The van der Waals surface area contributed by atoms with Gasteiger partial charge in [-0.25, -0.2) is 4.79 Å². The second kappa shape index (κ2) is 9.24. The molecule has 27 heavy (non-hydrogen) atoms. The van der Waals surface area contributed by atoms with Gasteiger partial charge in [0.1, 0.15) is 18.3 Å². The minimum atomic E-state index is -3.38. The van der Waals surface area contributed by atoms with Gasteiger partial charge in [0.2, 0.25) is 0 Å². The fraction of sp³-hybridized carbons (Fsp3) is 0.733. The Morgan fingerprint density at radius 1 is 1.33 bits per heavy atom. The van der Waals surface area contributed by atoms with E-state index in [1.807, 2.05) is 0 Å². The molecule has 11 nitrogen and oxygen atoms in total. The second-order valence-corrected chi connectivity index (χ2v) is 7.09. The number of hydrogen-bond acceptors (Lipinski definition) is 8. The van der Waals surface area contributed by atoms with Crippen molar-refractivity contribution in [2.75, 3.05) is 13.7 Å². The fourth-order valence-electron chi connectivity index (χ4n) is 2.81. The normalized spacial score (nSPS) is 28.8. The Morgan fingerprint density at radius 3 is 2.56 bits per heavy atom. The number of rotatable bonds is 8. The highest BCUT2D eigenvalue weighted by Crippen LogP contribution is 2.37. The largest absolute Gasteiger partial charge is 0.394 e. The highest BCUT2D eigenvalue weighted by molar-refractivity contribution is 7.32. The zero-order valence-corrected chi connectivity index (χ0v) is 16.4. The molecule has 12 heteroatoms. The third-order valence-electron chi connectivity index (χ3n) is 4.53. The number of nitrogens with zero attached hydrogens (tertiary/aromatic N) is 1. The average Bonchev–Trinajstić information content (AvgIpc) is 2.94. The van der Waals surface area contributed by atoms with E-state index in [0.29, 0.717) is 0 Å². The Morgan fingerprint density at radius 2 is 2.00 bits per heavy atom. The average molecular weight is 408 g/mol. The lowest BCUT2D eigenvalue weighted by molar-refractivity contribution is -0.127. The first kappa shape index (κ1) is 22.0. The maximum atomic E-state index is 12.3. The van der Waals surface area contributed by atoms with Crippen LogP contribution in [0.2, 0.25) is 0 Å². The molecule has 1 fully saturated rings. The molecule has 0 spiro atoms. The van der Waals surface area contributed by atoms with Crippen LogP contribution in [0.15, 0.2) is 15.8 Å². The standard InChI is InChI=1S/C15H25N2O9P/c1-7-5-17(15(20)16-13(7)19)14-12(24-9(3)8(2)23-4)11(26-27(21)22)10(6-18)25-14/h5,8-12,14,18,27H,6H2,1-4H3,(H,21,22)(H,16,19,20)/t8-,9+,10+,11?,12?,14+/m0/s1. The van der Waals surface area contributed by atoms with E-state index in [4.69, 9.17) is 18.7 Å². The molecule has 0 radical (unpaired) electrons. The Bertz CT molecular complexity index is 779. The molecule has 2 rings (SSSR count). The van der Waals surface area contributed by atoms with E-state index in [-0.39, 0.29) is 11.7 Å². The number of aryl methyl sites for hydroxylation is 1. The first-order chi connectivity index (χ1) is 12.7. The number of aliphatic hydroxyl groups is 1. The highest BCUT2D eigenvalue weighted by atomic mass is 31.1. The molecule has 0 aromatic carbocycles. The van der Waals surface area contributed by atoms with E-state index < -0.39 is 56.8 Å². The Balaban J connectivity index is 2.46. The molecule has 0 bridgehead atoms. The van der Waals surface area contributed by atoms with Crippen LogP contribution in [-0.2, 0) is 23.3 Å². The molecule has 154 valence electrons. The smallest absolute Gasteiger partial charge is 0.330 e. The molecule has 1 aromatic heterocycles. The van der Waals surface area contributed by atoms with Crippen molar-refractivity contribution in [2.45, 2.75) is 57.5 Å². The summed E-state index contributed by atoms with van der Waals surface area (Å²) in [5, 5.41) is 9.59. The molecule has 1 aliphatic heterocycles. The van der Waals surface area contributed by atoms with Crippen LogP contribution < -0.4 is 11.2 Å². The fourth-order valence-corrected chi connectivity index (χ4v) is 3.33. The predicted molar refractivity (Wildman–Crippen MR) is 94.0 cm³/mol. The summed E-state index contributed by atoms with van der Waals surface area (Å²) in [4.78, 5) is 35.3. The maximum Gasteiger partial charge on any atom is 0.330 e. The van der Waals surface area contributed by atoms with E-state index in [1.165, 1.54) is 20.2 Å². The van der Waals surface area contributed by atoms with E-state index in [1.54, 1.807) is 13.8 Å². The van der Waals surface area contributed by atoms with E-state index >= 15 is 0 Å². The molecule has 2 heterocycles. The topological polar surface area (TPSA) is 149 Å². The molecule has 1 aromatic rings. The van der Waals surface area contributed by atoms with Crippen molar-refractivity contribution in [3.05, 3.63) is 32.6 Å². The van der Waals surface area contributed by atoms with Gasteiger partial charge in [0.05, 0.1) is 18.8 Å². The van der Waals surface area contributed by atoms with Gasteiger partial charge in [0, 0.05) is 18.9 Å². The molecular weight excluding hydrogens is 383 g/mol. The van der Waals surface area contributed by atoms with Crippen LogP contribution in [0.4, 0.5) is 0 Å². The third-order valence-corrected chi connectivity index (χ3v) is 5.00. The molecule has 3 unspecified atom stereocenters. The monoisotopic (exact) mass is 408 g/mol. The number of aromatic amines is 1. The van der Waals surface area contributed by atoms with Crippen molar-refractivity contribution in [3.63, 3.8) is 0 Å². The number of aromatic nitrogens is 2. The number of H-pyrrole nitrogens is 1. The number of nitrogens with one attached hydrogen (secondary N) is 1. The quantitative estimate of drug-likeness (QED) is 0.475. The van der Waals surface area contributed by atoms with Gasteiger partial charge >= 0.3 is 13.9 Å². The number of hydrogen-bond donors (Lipinski definition) is 3. The van der Waals surface area contributed by atoms with E-state index in [0.717, 1.165) is 4.57 Å². The Hall–Kier alpha value is -1.33. The Labute approximate surface area is 155 Å². The van der Waals surface area contributed by atoms with E-state index in [2.05, 4.69) is 4.98 Å². The second-order valence-electron chi connectivity index (χ2n) is 6.32. The minimum absolute atomic E-state index is 0.260. The predicted octanol–water partition coefficient (Wildman–Crippen LogP) is -0.689. The van der Waals surface area contributed by atoms with Crippen LogP contribution in [-0.4, -0.2) is 63.8 Å². The van der Waals surface area contributed by atoms with Gasteiger partial charge < -0.3 is 28.7 Å². The van der Waals surface area contributed by atoms with Gasteiger partial charge in [0.25, 0.3) is 5.56 Å². The first-order valence-electron chi connectivity index (χ1n) is 8.35. The lowest BCUT2D eigenvalue weighted by atomic mass is 10.1.